The Bertz CT molecular complexity index is 501. The second-order valence-electron chi connectivity index (χ2n) is 5.11. The van der Waals surface area contributed by atoms with Crippen molar-refractivity contribution in [2.45, 2.75) is 25.3 Å². The van der Waals surface area contributed by atoms with E-state index in [1.165, 1.54) is 18.2 Å². The normalized spacial score (nSPS) is 26.5. The number of ether oxygens (including phenoxy) is 2. The van der Waals surface area contributed by atoms with E-state index >= 15 is 0 Å². The molecule has 0 amide bonds. The van der Waals surface area contributed by atoms with E-state index in [1.54, 1.807) is 0 Å². The molecule has 0 bridgehead atoms. The minimum Gasteiger partial charge on any atom is -0.469 e. The molecule has 0 saturated heterocycles. The van der Waals surface area contributed by atoms with Gasteiger partial charge in [0.25, 0.3) is 0 Å². The first-order valence-electron chi connectivity index (χ1n) is 6.67. The molecule has 0 radical (unpaired) electrons. The van der Waals surface area contributed by atoms with Crippen LogP contribution in [0.2, 0.25) is 0 Å². The standard InChI is InChI=1S/C14H18N2O3/c1-18-14(17)11-6-13(7-11)16-9-12(8-15-16)10-2-4-19-5-3-10/h2,8-9,11,13H,3-7H2,1H3. The smallest absolute Gasteiger partial charge is 0.308 e. The molecule has 19 heavy (non-hydrogen) atoms. The first-order valence-corrected chi connectivity index (χ1v) is 6.67. The quantitative estimate of drug-likeness (QED) is 0.780. The Labute approximate surface area is 112 Å². The number of carbonyl (C=O) groups excluding carboxylic acids is 1. The van der Waals surface area contributed by atoms with E-state index in [-0.39, 0.29) is 11.9 Å². The van der Waals surface area contributed by atoms with Gasteiger partial charge in [0.1, 0.15) is 0 Å². The molecule has 1 saturated carbocycles. The largest absolute Gasteiger partial charge is 0.469 e. The molecule has 102 valence electrons. The van der Waals surface area contributed by atoms with E-state index in [1.807, 2.05) is 10.9 Å². The van der Waals surface area contributed by atoms with Gasteiger partial charge in [0, 0.05) is 11.8 Å². The van der Waals surface area contributed by atoms with Crippen LogP contribution in [0, 0.1) is 5.92 Å². The maximum atomic E-state index is 11.3. The highest BCUT2D eigenvalue weighted by Gasteiger charge is 2.36. The summed E-state index contributed by atoms with van der Waals surface area (Å²) >= 11 is 0. The number of hydrogen-bond donors (Lipinski definition) is 0. The summed E-state index contributed by atoms with van der Waals surface area (Å²) in [6.07, 6.45) is 8.70. The topological polar surface area (TPSA) is 53.4 Å². The second kappa shape index (κ2) is 5.17. The molecule has 2 heterocycles. The van der Waals surface area contributed by atoms with E-state index in [9.17, 15) is 4.79 Å². The van der Waals surface area contributed by atoms with Crippen LogP contribution >= 0.6 is 0 Å². The summed E-state index contributed by atoms with van der Waals surface area (Å²) in [5.74, 6) is -0.0549. The maximum absolute atomic E-state index is 11.3. The Morgan fingerprint density at radius 1 is 1.53 bits per heavy atom. The van der Waals surface area contributed by atoms with Crippen LogP contribution in [0.15, 0.2) is 18.5 Å². The molecule has 5 nitrogen and oxygen atoms in total. The third kappa shape index (κ3) is 2.42. The second-order valence-corrected chi connectivity index (χ2v) is 5.11. The number of nitrogens with zero attached hydrogens (tertiary/aromatic N) is 2. The van der Waals surface area contributed by atoms with Gasteiger partial charge in [0.15, 0.2) is 0 Å². The number of hydrogen-bond acceptors (Lipinski definition) is 4. The zero-order valence-corrected chi connectivity index (χ0v) is 11.0. The van der Waals surface area contributed by atoms with Crippen molar-refractivity contribution < 1.29 is 14.3 Å². The average Bonchev–Trinajstić information content (AvgIpc) is 2.87. The van der Waals surface area contributed by atoms with Crippen molar-refractivity contribution in [1.29, 1.82) is 0 Å². The first kappa shape index (κ1) is 12.4. The monoisotopic (exact) mass is 262 g/mol. The van der Waals surface area contributed by atoms with Crippen LogP contribution in [-0.2, 0) is 14.3 Å². The molecule has 3 rings (SSSR count). The third-order valence-corrected chi connectivity index (χ3v) is 3.96. The van der Waals surface area contributed by atoms with Gasteiger partial charge in [0.05, 0.1) is 38.5 Å². The number of rotatable bonds is 3. The minimum absolute atomic E-state index is 0.0462. The molecular weight excluding hydrogens is 244 g/mol. The predicted molar refractivity (Wildman–Crippen MR) is 69.4 cm³/mol. The van der Waals surface area contributed by atoms with Crippen LogP contribution in [0.4, 0.5) is 0 Å². The summed E-state index contributed by atoms with van der Waals surface area (Å²) < 4.78 is 12.0. The van der Waals surface area contributed by atoms with Crippen LogP contribution < -0.4 is 0 Å². The fraction of sp³-hybridized carbons (Fsp3) is 0.571. The van der Waals surface area contributed by atoms with Gasteiger partial charge in [-0.25, -0.2) is 0 Å². The Balaban J connectivity index is 1.63. The van der Waals surface area contributed by atoms with Gasteiger partial charge < -0.3 is 9.47 Å². The SMILES string of the molecule is COC(=O)C1CC(n2cc(C3=CCOCC3)cn2)C1. The summed E-state index contributed by atoms with van der Waals surface area (Å²) in [6.45, 7) is 1.47. The zero-order valence-electron chi connectivity index (χ0n) is 11.0. The van der Waals surface area contributed by atoms with Crippen LogP contribution in [-0.4, -0.2) is 36.1 Å². The lowest BCUT2D eigenvalue weighted by atomic mass is 9.80. The molecule has 0 aromatic carbocycles. The summed E-state index contributed by atoms with van der Waals surface area (Å²) in [6, 6.07) is 0.332. The van der Waals surface area contributed by atoms with Gasteiger partial charge in [-0.05, 0) is 24.8 Å². The molecule has 0 unspecified atom stereocenters. The van der Waals surface area contributed by atoms with Crippen LogP contribution in [0.5, 0.6) is 0 Å². The fourth-order valence-corrected chi connectivity index (χ4v) is 2.66. The summed E-state index contributed by atoms with van der Waals surface area (Å²) in [7, 11) is 1.44. The highest BCUT2D eigenvalue weighted by molar-refractivity contribution is 5.73. The van der Waals surface area contributed by atoms with Crippen molar-refractivity contribution in [3.63, 3.8) is 0 Å². The number of carbonyl (C=O) groups is 1. The minimum atomic E-state index is -0.101. The lowest BCUT2D eigenvalue weighted by Crippen LogP contribution is -2.33. The van der Waals surface area contributed by atoms with Crippen LogP contribution in [0.1, 0.15) is 30.9 Å². The van der Waals surface area contributed by atoms with Crippen molar-refractivity contribution in [2.75, 3.05) is 20.3 Å². The van der Waals surface area contributed by atoms with Gasteiger partial charge in [-0.3, -0.25) is 9.48 Å². The average molecular weight is 262 g/mol. The molecule has 1 fully saturated rings. The zero-order chi connectivity index (χ0) is 13.2. The van der Waals surface area contributed by atoms with Gasteiger partial charge in [0.2, 0.25) is 0 Å². The highest BCUT2D eigenvalue weighted by atomic mass is 16.5. The van der Waals surface area contributed by atoms with Crippen LogP contribution in [0.25, 0.3) is 5.57 Å². The van der Waals surface area contributed by atoms with Gasteiger partial charge in [-0.1, -0.05) is 6.08 Å². The molecule has 1 aromatic heterocycles. The van der Waals surface area contributed by atoms with Crippen molar-refractivity contribution >= 4 is 11.5 Å². The molecule has 0 atom stereocenters. The molecule has 1 aromatic rings. The van der Waals surface area contributed by atoms with E-state index < -0.39 is 0 Å². The highest BCUT2D eigenvalue weighted by Crippen LogP contribution is 2.38. The van der Waals surface area contributed by atoms with Crippen molar-refractivity contribution in [2.24, 2.45) is 5.92 Å². The van der Waals surface area contributed by atoms with E-state index in [0.29, 0.717) is 12.6 Å². The van der Waals surface area contributed by atoms with Crippen molar-refractivity contribution in [1.82, 2.24) is 9.78 Å². The van der Waals surface area contributed by atoms with Crippen molar-refractivity contribution in [3.8, 4) is 0 Å². The van der Waals surface area contributed by atoms with Gasteiger partial charge in [-0.2, -0.15) is 5.10 Å². The fourth-order valence-electron chi connectivity index (χ4n) is 2.66. The molecule has 1 aliphatic heterocycles. The number of esters is 1. The summed E-state index contributed by atoms with van der Waals surface area (Å²) in [4.78, 5) is 11.3. The lowest BCUT2D eigenvalue weighted by Gasteiger charge is -2.33. The van der Waals surface area contributed by atoms with Gasteiger partial charge in [-0.15, -0.1) is 0 Å². The van der Waals surface area contributed by atoms with Gasteiger partial charge >= 0.3 is 5.97 Å². The lowest BCUT2D eigenvalue weighted by molar-refractivity contribution is -0.149. The van der Waals surface area contributed by atoms with Crippen molar-refractivity contribution in [3.05, 3.63) is 24.0 Å². The molecule has 2 aliphatic rings. The number of methoxy groups -OCH3 is 1. The first-order chi connectivity index (χ1) is 9.28. The Kier molecular flexibility index (Phi) is 3.38. The third-order valence-electron chi connectivity index (χ3n) is 3.96. The number of aromatic nitrogens is 2. The molecule has 1 aliphatic carbocycles. The maximum Gasteiger partial charge on any atom is 0.308 e. The predicted octanol–water partition coefficient (Wildman–Crippen LogP) is 1.81. The molecule has 5 heteroatoms. The van der Waals surface area contributed by atoms with E-state index in [0.717, 1.165) is 25.9 Å². The Morgan fingerprint density at radius 2 is 2.37 bits per heavy atom. The molecule has 0 N–H and O–H groups in total. The summed E-state index contributed by atoms with van der Waals surface area (Å²) in [5, 5.41) is 4.42. The van der Waals surface area contributed by atoms with E-state index in [4.69, 9.17) is 9.47 Å². The molecular formula is C14H18N2O3. The van der Waals surface area contributed by atoms with E-state index in [2.05, 4.69) is 17.4 Å². The molecule has 0 spiro atoms. The van der Waals surface area contributed by atoms with Crippen LogP contribution in [0.3, 0.4) is 0 Å². The Morgan fingerprint density at radius 3 is 3.05 bits per heavy atom. The summed E-state index contributed by atoms with van der Waals surface area (Å²) in [5.41, 5.74) is 2.48. The Hall–Kier alpha value is -1.62.